The fraction of sp³-hybridized carbons (Fsp3) is 0.412. The molecule has 0 aliphatic carbocycles. The number of aromatic carboxylic acids is 1. The van der Waals surface area contributed by atoms with Crippen molar-refractivity contribution >= 4 is 17.3 Å². The molecule has 0 amide bonds. The maximum absolute atomic E-state index is 13.8. The predicted molar refractivity (Wildman–Crippen MR) is 90.4 cm³/mol. The molecule has 0 saturated carbocycles. The first kappa shape index (κ1) is 18.4. The van der Waals surface area contributed by atoms with Crippen LogP contribution in [0, 0.1) is 12.7 Å². The van der Waals surface area contributed by atoms with Crippen LogP contribution in [0.4, 0.5) is 4.39 Å². The standard InChI is InChI=1S/C17H20FNO4S/c1-3-4-7-22-8-9-23-15-11(2)24-16(19-15)12-5-6-13(17(20)21)14(18)10-12/h5-6,10H,3-4,7-9H2,1-2H3,(H,20,21). The van der Waals surface area contributed by atoms with E-state index in [2.05, 4.69) is 11.9 Å². The monoisotopic (exact) mass is 353 g/mol. The Hall–Kier alpha value is -1.99. The number of ether oxygens (including phenoxy) is 2. The van der Waals surface area contributed by atoms with Gasteiger partial charge in [0.05, 0.1) is 17.0 Å². The lowest BCUT2D eigenvalue weighted by atomic mass is 10.1. The van der Waals surface area contributed by atoms with Crippen LogP contribution in [-0.4, -0.2) is 35.9 Å². The zero-order valence-electron chi connectivity index (χ0n) is 13.7. The molecule has 0 atom stereocenters. The van der Waals surface area contributed by atoms with Crippen LogP contribution in [-0.2, 0) is 4.74 Å². The smallest absolute Gasteiger partial charge is 0.338 e. The molecule has 0 saturated heterocycles. The van der Waals surface area contributed by atoms with Crippen molar-refractivity contribution in [1.29, 1.82) is 0 Å². The second-order valence-electron chi connectivity index (χ2n) is 5.19. The van der Waals surface area contributed by atoms with Gasteiger partial charge in [-0.1, -0.05) is 19.4 Å². The number of thiazole rings is 1. The van der Waals surface area contributed by atoms with Gasteiger partial charge in [-0.15, -0.1) is 11.3 Å². The summed E-state index contributed by atoms with van der Waals surface area (Å²) in [5.41, 5.74) is 0.173. The van der Waals surface area contributed by atoms with E-state index in [-0.39, 0.29) is 5.56 Å². The molecule has 2 aromatic rings. The number of benzene rings is 1. The summed E-state index contributed by atoms with van der Waals surface area (Å²) in [4.78, 5) is 16.1. The Morgan fingerprint density at radius 1 is 1.33 bits per heavy atom. The third-order valence-corrected chi connectivity index (χ3v) is 4.31. The number of hydrogen-bond donors (Lipinski definition) is 1. The molecule has 0 aliphatic heterocycles. The number of halogens is 1. The van der Waals surface area contributed by atoms with Crippen LogP contribution in [0.25, 0.3) is 10.6 Å². The van der Waals surface area contributed by atoms with Crippen molar-refractivity contribution < 1.29 is 23.8 Å². The highest BCUT2D eigenvalue weighted by molar-refractivity contribution is 7.15. The van der Waals surface area contributed by atoms with Crippen molar-refractivity contribution in [3.05, 3.63) is 34.5 Å². The lowest BCUT2D eigenvalue weighted by Crippen LogP contribution is -2.08. The van der Waals surface area contributed by atoms with Crippen molar-refractivity contribution in [2.24, 2.45) is 0 Å². The van der Waals surface area contributed by atoms with Gasteiger partial charge in [0, 0.05) is 12.2 Å². The fourth-order valence-corrected chi connectivity index (χ4v) is 2.86. The molecule has 1 aromatic heterocycles. The third-order valence-electron chi connectivity index (χ3n) is 3.31. The normalized spacial score (nSPS) is 10.8. The quantitative estimate of drug-likeness (QED) is 0.686. The zero-order chi connectivity index (χ0) is 17.5. The van der Waals surface area contributed by atoms with Gasteiger partial charge >= 0.3 is 5.97 Å². The number of nitrogens with zero attached hydrogens (tertiary/aromatic N) is 1. The Morgan fingerprint density at radius 3 is 2.79 bits per heavy atom. The SMILES string of the molecule is CCCCOCCOc1nc(-c2ccc(C(=O)O)c(F)c2)sc1C. The Balaban J connectivity index is 2.00. The minimum atomic E-state index is -1.29. The summed E-state index contributed by atoms with van der Waals surface area (Å²) in [5.74, 6) is -1.57. The number of carbonyl (C=O) groups is 1. The first-order valence-corrected chi connectivity index (χ1v) is 8.55. The number of unbranched alkanes of at least 4 members (excludes halogenated alkanes) is 1. The number of aromatic nitrogens is 1. The molecule has 1 aromatic carbocycles. The number of hydrogen-bond acceptors (Lipinski definition) is 5. The van der Waals surface area contributed by atoms with E-state index in [9.17, 15) is 9.18 Å². The Kier molecular flexibility index (Phi) is 6.69. The van der Waals surface area contributed by atoms with Crippen molar-refractivity contribution in [3.63, 3.8) is 0 Å². The van der Waals surface area contributed by atoms with Crippen LogP contribution in [0.2, 0.25) is 0 Å². The number of carboxylic acids is 1. The molecule has 5 nitrogen and oxygen atoms in total. The number of aryl methyl sites for hydroxylation is 1. The van der Waals surface area contributed by atoms with Crippen molar-refractivity contribution in [2.45, 2.75) is 26.7 Å². The molecular formula is C17H20FNO4S. The molecule has 1 heterocycles. The van der Waals surface area contributed by atoms with E-state index < -0.39 is 11.8 Å². The summed E-state index contributed by atoms with van der Waals surface area (Å²) in [6.07, 6.45) is 2.12. The Bertz CT molecular complexity index is 702. The Labute approximate surface area is 144 Å². The van der Waals surface area contributed by atoms with Gasteiger partial charge in [-0.25, -0.2) is 14.2 Å². The highest BCUT2D eigenvalue weighted by atomic mass is 32.1. The van der Waals surface area contributed by atoms with Crippen LogP contribution < -0.4 is 4.74 Å². The van der Waals surface area contributed by atoms with Gasteiger partial charge in [0.15, 0.2) is 0 Å². The summed E-state index contributed by atoms with van der Waals surface area (Å²) in [6.45, 7) is 5.59. The highest BCUT2D eigenvalue weighted by Gasteiger charge is 2.15. The van der Waals surface area contributed by atoms with Crippen LogP contribution in [0.3, 0.4) is 0 Å². The van der Waals surface area contributed by atoms with Gasteiger partial charge in [-0.3, -0.25) is 0 Å². The summed E-state index contributed by atoms with van der Waals surface area (Å²) in [5, 5.41) is 9.45. The van der Waals surface area contributed by atoms with Gasteiger partial charge in [-0.05, 0) is 25.5 Å². The summed E-state index contributed by atoms with van der Waals surface area (Å²) in [6, 6.07) is 3.97. The molecule has 0 radical (unpaired) electrons. The van der Waals surface area contributed by atoms with Crippen molar-refractivity contribution in [3.8, 4) is 16.5 Å². The molecule has 0 bridgehead atoms. The molecule has 1 N–H and O–H groups in total. The van der Waals surface area contributed by atoms with Gasteiger partial charge in [0.25, 0.3) is 0 Å². The topological polar surface area (TPSA) is 68.7 Å². The minimum Gasteiger partial charge on any atom is -0.478 e. The average molecular weight is 353 g/mol. The average Bonchev–Trinajstić information content (AvgIpc) is 2.91. The first-order chi connectivity index (χ1) is 11.5. The molecule has 0 aliphatic rings. The molecular weight excluding hydrogens is 333 g/mol. The van der Waals surface area contributed by atoms with E-state index in [0.717, 1.165) is 24.3 Å². The predicted octanol–water partition coefficient (Wildman–Crippen LogP) is 4.15. The Morgan fingerprint density at radius 2 is 2.12 bits per heavy atom. The summed E-state index contributed by atoms with van der Waals surface area (Å²) < 4.78 is 24.8. The van der Waals surface area contributed by atoms with Crippen molar-refractivity contribution in [1.82, 2.24) is 4.98 Å². The maximum Gasteiger partial charge on any atom is 0.338 e. The number of carboxylic acid groups (broad SMARTS) is 1. The largest absolute Gasteiger partial charge is 0.478 e. The second kappa shape index (κ2) is 8.75. The zero-order valence-corrected chi connectivity index (χ0v) is 14.5. The first-order valence-electron chi connectivity index (χ1n) is 7.74. The lowest BCUT2D eigenvalue weighted by Gasteiger charge is -2.05. The molecule has 24 heavy (non-hydrogen) atoms. The van der Waals surface area contributed by atoms with E-state index in [1.807, 2.05) is 6.92 Å². The van der Waals surface area contributed by atoms with E-state index in [1.54, 1.807) is 6.07 Å². The van der Waals surface area contributed by atoms with Crippen LogP contribution in [0.1, 0.15) is 35.0 Å². The van der Waals surface area contributed by atoms with Gasteiger partial charge in [-0.2, -0.15) is 0 Å². The van der Waals surface area contributed by atoms with E-state index in [1.165, 1.54) is 23.5 Å². The maximum atomic E-state index is 13.8. The van der Waals surface area contributed by atoms with E-state index in [4.69, 9.17) is 14.6 Å². The van der Waals surface area contributed by atoms with E-state index in [0.29, 0.717) is 29.7 Å². The summed E-state index contributed by atoms with van der Waals surface area (Å²) >= 11 is 1.37. The minimum absolute atomic E-state index is 0.354. The van der Waals surface area contributed by atoms with Gasteiger partial charge < -0.3 is 14.6 Å². The van der Waals surface area contributed by atoms with Gasteiger partial charge in [0.2, 0.25) is 5.88 Å². The lowest BCUT2D eigenvalue weighted by molar-refractivity contribution is 0.0692. The molecule has 2 rings (SSSR count). The molecule has 0 spiro atoms. The molecule has 130 valence electrons. The molecule has 0 fully saturated rings. The van der Waals surface area contributed by atoms with Crippen molar-refractivity contribution in [2.75, 3.05) is 19.8 Å². The van der Waals surface area contributed by atoms with Crippen LogP contribution in [0.15, 0.2) is 18.2 Å². The summed E-state index contributed by atoms with van der Waals surface area (Å²) in [7, 11) is 0. The fourth-order valence-electron chi connectivity index (χ4n) is 2.01. The second-order valence-corrected chi connectivity index (χ2v) is 6.40. The van der Waals surface area contributed by atoms with Gasteiger partial charge in [0.1, 0.15) is 17.4 Å². The molecule has 7 heteroatoms. The van der Waals surface area contributed by atoms with Crippen LogP contribution >= 0.6 is 11.3 Å². The van der Waals surface area contributed by atoms with E-state index >= 15 is 0 Å². The molecule has 0 unspecified atom stereocenters. The number of rotatable bonds is 9. The third kappa shape index (κ3) is 4.75. The highest BCUT2D eigenvalue weighted by Crippen LogP contribution is 2.32. The van der Waals surface area contributed by atoms with Crippen LogP contribution in [0.5, 0.6) is 5.88 Å².